The summed E-state index contributed by atoms with van der Waals surface area (Å²) >= 11 is 0. The molecular weight excluding hydrogens is 322 g/mol. The summed E-state index contributed by atoms with van der Waals surface area (Å²) in [6, 6.07) is 5.55. The van der Waals surface area contributed by atoms with E-state index in [1.54, 1.807) is 42.7 Å². The van der Waals surface area contributed by atoms with Gasteiger partial charge in [-0.3, -0.25) is 14.2 Å². The van der Waals surface area contributed by atoms with Gasteiger partial charge < -0.3 is 10.8 Å². The molecule has 25 heavy (non-hydrogen) atoms. The summed E-state index contributed by atoms with van der Waals surface area (Å²) in [5, 5.41) is 8.87. The molecule has 0 saturated carbocycles. The maximum Gasteiger partial charge on any atom is 0.336 e. The van der Waals surface area contributed by atoms with Crippen molar-refractivity contribution in [1.82, 2.24) is 9.13 Å². The molecule has 0 bridgehead atoms. The number of nitrogens with two attached hydrogens (primary N) is 1. The molecule has 134 valence electrons. The summed E-state index contributed by atoms with van der Waals surface area (Å²) in [6.45, 7) is 7.24. The van der Waals surface area contributed by atoms with Crippen molar-refractivity contribution in [3.63, 3.8) is 0 Å². The third-order valence-electron chi connectivity index (χ3n) is 4.31. The normalized spacial score (nSPS) is 12.4. The number of carbonyl (C=O) groups is 1. The number of rotatable bonds is 5. The first kappa shape index (κ1) is 18.7. The van der Waals surface area contributed by atoms with Crippen LogP contribution in [-0.4, -0.2) is 26.3 Å². The highest BCUT2D eigenvalue weighted by Gasteiger charge is 2.17. The van der Waals surface area contributed by atoms with Gasteiger partial charge in [-0.05, 0) is 51.8 Å². The van der Waals surface area contributed by atoms with Crippen molar-refractivity contribution >= 4 is 5.97 Å². The molecule has 1 aromatic heterocycles. The first-order valence-corrected chi connectivity index (χ1v) is 8.07. The van der Waals surface area contributed by atoms with E-state index in [0.717, 1.165) is 10.1 Å². The Hall–Kier alpha value is -2.67. The molecular formula is C18H23N3O4. The van der Waals surface area contributed by atoms with Crippen molar-refractivity contribution in [3.8, 4) is 5.69 Å². The van der Waals surface area contributed by atoms with Crippen molar-refractivity contribution in [2.75, 3.05) is 0 Å². The highest BCUT2D eigenvalue weighted by atomic mass is 16.4. The minimum atomic E-state index is -1.07. The van der Waals surface area contributed by atoms with Crippen LogP contribution < -0.4 is 17.0 Å². The smallest absolute Gasteiger partial charge is 0.336 e. The maximum atomic E-state index is 12.8. The average molecular weight is 345 g/mol. The number of nitrogens with zero attached hydrogens (tertiary/aromatic N) is 2. The second-order valence-corrected chi connectivity index (χ2v) is 6.41. The second-order valence-electron chi connectivity index (χ2n) is 6.41. The third-order valence-corrected chi connectivity index (χ3v) is 4.31. The number of benzene rings is 1. The van der Waals surface area contributed by atoms with Gasteiger partial charge in [0.2, 0.25) is 0 Å². The molecule has 1 unspecified atom stereocenters. The molecule has 0 aliphatic carbocycles. The molecule has 0 saturated heterocycles. The fourth-order valence-electron chi connectivity index (χ4n) is 2.80. The molecule has 0 fully saturated rings. The Labute approximate surface area is 145 Å². The molecule has 1 atom stereocenters. The zero-order chi connectivity index (χ0) is 18.9. The fourth-order valence-corrected chi connectivity index (χ4v) is 2.80. The van der Waals surface area contributed by atoms with Crippen LogP contribution in [0.1, 0.15) is 36.7 Å². The summed E-state index contributed by atoms with van der Waals surface area (Å²) < 4.78 is 2.73. The van der Waals surface area contributed by atoms with Crippen molar-refractivity contribution in [2.24, 2.45) is 5.73 Å². The Kier molecular flexibility index (Phi) is 5.27. The van der Waals surface area contributed by atoms with Gasteiger partial charge in [-0.2, -0.15) is 0 Å². The van der Waals surface area contributed by atoms with Gasteiger partial charge in [0, 0.05) is 17.3 Å². The predicted octanol–water partition coefficient (Wildman–Crippen LogP) is 1.15. The Bertz CT molecular complexity index is 908. The Morgan fingerprint density at radius 1 is 1.16 bits per heavy atom. The number of carboxylic acid groups (broad SMARTS) is 1. The number of carboxylic acids is 1. The van der Waals surface area contributed by atoms with Crippen molar-refractivity contribution in [3.05, 3.63) is 61.9 Å². The van der Waals surface area contributed by atoms with Crippen molar-refractivity contribution in [1.29, 1.82) is 0 Å². The lowest BCUT2D eigenvalue weighted by atomic mass is 10.1. The van der Waals surface area contributed by atoms with Crippen molar-refractivity contribution < 1.29 is 9.90 Å². The van der Waals surface area contributed by atoms with Crippen molar-refractivity contribution in [2.45, 2.75) is 46.2 Å². The highest BCUT2D eigenvalue weighted by Crippen LogP contribution is 2.11. The minimum absolute atomic E-state index is 0.0779. The van der Waals surface area contributed by atoms with Gasteiger partial charge >= 0.3 is 11.7 Å². The van der Waals surface area contributed by atoms with Crippen LogP contribution in [0.3, 0.4) is 0 Å². The van der Waals surface area contributed by atoms with Crippen LogP contribution in [-0.2, 0) is 11.2 Å². The van der Waals surface area contributed by atoms with E-state index in [9.17, 15) is 14.4 Å². The topological polar surface area (TPSA) is 107 Å². The lowest BCUT2D eigenvalue weighted by Gasteiger charge is -2.18. The molecule has 2 aromatic rings. The number of aliphatic carboxylic acids is 1. The SMILES string of the molecule is Cc1c(C)n(C(C)C)c(=O)n(-c2ccc(CC(N)C(=O)O)cc2)c1=O. The molecule has 7 nitrogen and oxygen atoms in total. The molecule has 0 aliphatic heterocycles. The lowest BCUT2D eigenvalue weighted by Crippen LogP contribution is -2.42. The van der Waals surface area contributed by atoms with E-state index in [-0.39, 0.29) is 18.0 Å². The molecule has 3 N–H and O–H groups in total. The van der Waals surface area contributed by atoms with Gasteiger partial charge in [0.1, 0.15) is 6.04 Å². The van der Waals surface area contributed by atoms with Crippen LogP contribution >= 0.6 is 0 Å². The maximum absolute atomic E-state index is 12.8. The van der Waals surface area contributed by atoms with Crippen LogP contribution in [0, 0.1) is 13.8 Å². The van der Waals surface area contributed by atoms with E-state index < -0.39 is 17.7 Å². The molecule has 7 heteroatoms. The first-order chi connectivity index (χ1) is 11.6. The largest absolute Gasteiger partial charge is 0.480 e. The molecule has 2 rings (SSSR count). The van der Waals surface area contributed by atoms with E-state index in [2.05, 4.69) is 0 Å². The Morgan fingerprint density at radius 3 is 2.20 bits per heavy atom. The monoisotopic (exact) mass is 345 g/mol. The molecule has 0 amide bonds. The quantitative estimate of drug-likeness (QED) is 0.845. The summed E-state index contributed by atoms with van der Waals surface area (Å²) in [5.74, 6) is -1.07. The van der Waals surface area contributed by atoms with Gasteiger partial charge in [0.05, 0.1) is 5.69 Å². The van der Waals surface area contributed by atoms with Crippen LogP contribution in [0.25, 0.3) is 5.69 Å². The molecule has 0 spiro atoms. The van der Waals surface area contributed by atoms with E-state index in [1.165, 1.54) is 0 Å². The average Bonchev–Trinajstić information content (AvgIpc) is 2.54. The van der Waals surface area contributed by atoms with E-state index in [1.807, 2.05) is 13.8 Å². The molecule has 1 aromatic carbocycles. The molecule has 0 radical (unpaired) electrons. The Morgan fingerprint density at radius 2 is 1.72 bits per heavy atom. The summed E-state index contributed by atoms with van der Waals surface area (Å²) in [6.07, 6.45) is 0.174. The number of aromatic nitrogens is 2. The highest BCUT2D eigenvalue weighted by molar-refractivity contribution is 5.73. The van der Waals surface area contributed by atoms with E-state index in [0.29, 0.717) is 16.9 Å². The zero-order valence-corrected chi connectivity index (χ0v) is 14.8. The molecule has 1 heterocycles. The molecule has 0 aliphatic rings. The first-order valence-electron chi connectivity index (χ1n) is 8.07. The zero-order valence-electron chi connectivity index (χ0n) is 14.8. The van der Waals surface area contributed by atoms with Crippen LogP contribution in [0.4, 0.5) is 0 Å². The Balaban J connectivity index is 2.54. The summed E-state index contributed by atoms with van der Waals surface area (Å²) in [5.41, 5.74) is 7.13. The van der Waals surface area contributed by atoms with Crippen LogP contribution in [0.5, 0.6) is 0 Å². The van der Waals surface area contributed by atoms with Gasteiger partial charge in [-0.15, -0.1) is 0 Å². The second kappa shape index (κ2) is 7.06. The van der Waals surface area contributed by atoms with E-state index in [4.69, 9.17) is 10.8 Å². The van der Waals surface area contributed by atoms with Crippen LogP contribution in [0.2, 0.25) is 0 Å². The number of hydrogen-bond donors (Lipinski definition) is 2. The third kappa shape index (κ3) is 3.56. The fraction of sp³-hybridized carbons (Fsp3) is 0.389. The van der Waals surface area contributed by atoms with Gasteiger partial charge in [-0.25, -0.2) is 9.36 Å². The summed E-state index contributed by atoms with van der Waals surface area (Å²) in [4.78, 5) is 36.2. The van der Waals surface area contributed by atoms with Gasteiger partial charge in [-0.1, -0.05) is 12.1 Å². The predicted molar refractivity (Wildman–Crippen MR) is 95.5 cm³/mol. The van der Waals surface area contributed by atoms with Gasteiger partial charge in [0.25, 0.3) is 5.56 Å². The summed E-state index contributed by atoms with van der Waals surface area (Å²) in [7, 11) is 0. The van der Waals surface area contributed by atoms with Crippen LogP contribution in [0.15, 0.2) is 33.9 Å². The minimum Gasteiger partial charge on any atom is -0.480 e. The number of hydrogen-bond acceptors (Lipinski definition) is 4. The lowest BCUT2D eigenvalue weighted by molar-refractivity contribution is -0.138. The van der Waals surface area contributed by atoms with E-state index >= 15 is 0 Å². The van der Waals surface area contributed by atoms with Gasteiger partial charge in [0.15, 0.2) is 0 Å². The standard InChI is InChI=1S/C18H23N3O4/c1-10(2)20-12(4)11(3)16(22)21(18(20)25)14-7-5-13(6-8-14)9-15(19)17(23)24/h5-8,10,15H,9,19H2,1-4H3,(H,23,24).